The van der Waals surface area contributed by atoms with Crippen LogP contribution in [0.3, 0.4) is 0 Å². The van der Waals surface area contributed by atoms with Gasteiger partial charge in [0.25, 0.3) is 0 Å². The first kappa shape index (κ1) is 18.4. The van der Waals surface area contributed by atoms with Gasteiger partial charge in [-0.15, -0.1) is 0 Å². The number of Topliss-reactive ketones (excluding diaryl/α,β-unsaturated/α-hetero) is 1. The SMILES string of the molecule is CCCN1C(=S)NC(c2ccc(OCC)c(Br)c2)C2=C1CCCC2=O. The van der Waals surface area contributed by atoms with Gasteiger partial charge < -0.3 is 15.0 Å². The lowest BCUT2D eigenvalue weighted by molar-refractivity contribution is -0.116. The Morgan fingerprint density at radius 2 is 2.16 bits per heavy atom. The predicted molar refractivity (Wildman–Crippen MR) is 107 cm³/mol. The molecule has 2 aliphatic rings. The van der Waals surface area contributed by atoms with Gasteiger partial charge in [0, 0.05) is 24.2 Å². The molecule has 6 heteroatoms. The van der Waals surface area contributed by atoms with E-state index in [0.29, 0.717) is 18.1 Å². The number of ether oxygens (including phenoxy) is 1. The van der Waals surface area contributed by atoms with Crippen LogP contribution in [0.5, 0.6) is 5.75 Å². The van der Waals surface area contributed by atoms with E-state index < -0.39 is 0 Å². The molecule has 4 nitrogen and oxygen atoms in total. The summed E-state index contributed by atoms with van der Waals surface area (Å²) in [6, 6.07) is 5.79. The van der Waals surface area contributed by atoms with Gasteiger partial charge in [-0.1, -0.05) is 13.0 Å². The number of allylic oxidation sites excluding steroid dienone is 1. The average molecular weight is 423 g/mol. The Morgan fingerprint density at radius 3 is 2.84 bits per heavy atom. The van der Waals surface area contributed by atoms with Gasteiger partial charge in [-0.3, -0.25) is 4.79 Å². The third-order valence-electron chi connectivity index (χ3n) is 4.59. The molecule has 25 heavy (non-hydrogen) atoms. The fraction of sp³-hybridized carbons (Fsp3) is 0.474. The largest absolute Gasteiger partial charge is 0.493 e. The van der Waals surface area contributed by atoms with Crippen LogP contribution in [0.4, 0.5) is 0 Å². The van der Waals surface area contributed by atoms with Gasteiger partial charge in [0.2, 0.25) is 0 Å². The summed E-state index contributed by atoms with van der Waals surface area (Å²) in [7, 11) is 0. The number of ketones is 1. The van der Waals surface area contributed by atoms with Crippen LogP contribution in [-0.2, 0) is 4.79 Å². The van der Waals surface area contributed by atoms with Crippen LogP contribution in [0.15, 0.2) is 33.9 Å². The Hall–Kier alpha value is -1.40. The molecule has 0 amide bonds. The van der Waals surface area contributed by atoms with E-state index in [1.807, 2.05) is 25.1 Å². The fourth-order valence-electron chi connectivity index (χ4n) is 3.53. The Kier molecular flexibility index (Phi) is 5.79. The van der Waals surface area contributed by atoms with Crippen LogP contribution in [0.25, 0.3) is 0 Å². The van der Waals surface area contributed by atoms with E-state index in [1.165, 1.54) is 0 Å². The smallest absolute Gasteiger partial charge is 0.173 e. The molecule has 1 aromatic rings. The Labute approximate surface area is 162 Å². The normalized spacial score (nSPS) is 20.4. The zero-order chi connectivity index (χ0) is 18.0. The molecular formula is C19H23BrN2O2S. The second-order valence-corrected chi connectivity index (χ2v) is 7.54. The highest BCUT2D eigenvalue weighted by atomic mass is 79.9. The molecule has 0 bridgehead atoms. The number of rotatable bonds is 5. The minimum Gasteiger partial charge on any atom is -0.493 e. The molecule has 0 saturated heterocycles. The highest BCUT2D eigenvalue weighted by Crippen LogP contribution is 2.39. The van der Waals surface area contributed by atoms with Crippen LogP contribution in [0.1, 0.15) is 51.1 Å². The molecule has 0 radical (unpaired) electrons. The van der Waals surface area contributed by atoms with Crippen molar-refractivity contribution in [3.05, 3.63) is 39.5 Å². The molecule has 1 aliphatic heterocycles. The number of benzene rings is 1. The number of carbonyl (C=O) groups is 1. The standard InChI is InChI=1S/C19H23BrN2O2S/c1-3-10-22-14-6-5-7-15(23)17(14)18(21-19(22)25)12-8-9-16(24-4-2)13(20)11-12/h8-9,11,18H,3-7,10H2,1-2H3,(H,21,25). The summed E-state index contributed by atoms with van der Waals surface area (Å²) < 4.78 is 6.49. The van der Waals surface area contributed by atoms with E-state index in [4.69, 9.17) is 17.0 Å². The average Bonchev–Trinajstić information content (AvgIpc) is 2.59. The molecule has 1 unspecified atom stereocenters. The van der Waals surface area contributed by atoms with E-state index in [0.717, 1.165) is 52.9 Å². The van der Waals surface area contributed by atoms with Gasteiger partial charge in [-0.2, -0.15) is 0 Å². The lowest BCUT2D eigenvalue weighted by Crippen LogP contribution is -2.49. The highest BCUT2D eigenvalue weighted by Gasteiger charge is 2.36. The van der Waals surface area contributed by atoms with Crippen molar-refractivity contribution < 1.29 is 9.53 Å². The van der Waals surface area contributed by atoms with Gasteiger partial charge in [0.1, 0.15) is 5.75 Å². The van der Waals surface area contributed by atoms with Crippen molar-refractivity contribution in [2.75, 3.05) is 13.2 Å². The molecule has 134 valence electrons. The second kappa shape index (κ2) is 7.87. The van der Waals surface area contributed by atoms with E-state index >= 15 is 0 Å². The zero-order valence-electron chi connectivity index (χ0n) is 14.6. The summed E-state index contributed by atoms with van der Waals surface area (Å²) in [4.78, 5) is 14.8. The molecule has 1 N–H and O–H groups in total. The number of thiocarbonyl (C=S) groups is 1. The van der Waals surface area contributed by atoms with E-state index in [1.54, 1.807) is 0 Å². The van der Waals surface area contributed by atoms with Gasteiger partial charge in [-0.25, -0.2) is 0 Å². The Bertz CT molecular complexity index is 732. The molecule has 0 spiro atoms. The number of nitrogens with zero attached hydrogens (tertiary/aromatic N) is 1. The molecule has 1 atom stereocenters. The number of carbonyl (C=O) groups excluding carboxylic acids is 1. The summed E-state index contributed by atoms with van der Waals surface area (Å²) in [6.07, 6.45) is 3.42. The number of hydrogen-bond acceptors (Lipinski definition) is 3. The second-order valence-electron chi connectivity index (χ2n) is 6.29. The van der Waals surface area contributed by atoms with Crippen molar-refractivity contribution in [1.82, 2.24) is 10.2 Å². The Balaban J connectivity index is 2.03. The third-order valence-corrected chi connectivity index (χ3v) is 5.55. The zero-order valence-corrected chi connectivity index (χ0v) is 17.0. The first-order chi connectivity index (χ1) is 12.1. The van der Waals surface area contributed by atoms with Crippen molar-refractivity contribution >= 4 is 39.0 Å². The first-order valence-electron chi connectivity index (χ1n) is 8.83. The van der Waals surface area contributed by atoms with Crippen molar-refractivity contribution in [3.63, 3.8) is 0 Å². The summed E-state index contributed by atoms with van der Waals surface area (Å²) in [5.41, 5.74) is 3.01. The van der Waals surface area contributed by atoms with Crippen LogP contribution in [-0.4, -0.2) is 28.9 Å². The first-order valence-corrected chi connectivity index (χ1v) is 10.0. The number of hydrogen-bond donors (Lipinski definition) is 1. The van der Waals surface area contributed by atoms with Crippen LogP contribution in [0, 0.1) is 0 Å². The van der Waals surface area contributed by atoms with Crippen molar-refractivity contribution in [1.29, 1.82) is 0 Å². The maximum absolute atomic E-state index is 12.7. The van der Waals surface area contributed by atoms with Crippen molar-refractivity contribution in [2.45, 2.75) is 45.6 Å². The van der Waals surface area contributed by atoms with E-state index in [-0.39, 0.29) is 11.8 Å². The van der Waals surface area contributed by atoms with Gasteiger partial charge in [0.15, 0.2) is 10.9 Å². The molecular weight excluding hydrogens is 400 g/mol. The molecule has 0 aromatic heterocycles. The molecule has 1 aliphatic carbocycles. The molecule has 0 saturated carbocycles. The van der Waals surface area contributed by atoms with Crippen molar-refractivity contribution in [3.8, 4) is 5.75 Å². The maximum Gasteiger partial charge on any atom is 0.173 e. The summed E-state index contributed by atoms with van der Waals surface area (Å²) in [5, 5.41) is 4.11. The topological polar surface area (TPSA) is 41.6 Å². The summed E-state index contributed by atoms with van der Waals surface area (Å²) in [5.74, 6) is 1.04. The summed E-state index contributed by atoms with van der Waals surface area (Å²) in [6.45, 7) is 5.55. The van der Waals surface area contributed by atoms with Crippen LogP contribution < -0.4 is 10.1 Å². The third kappa shape index (κ3) is 3.60. The van der Waals surface area contributed by atoms with Gasteiger partial charge in [0.05, 0.1) is 17.1 Å². The van der Waals surface area contributed by atoms with E-state index in [2.05, 4.69) is 33.1 Å². The number of nitrogens with one attached hydrogen (secondary N) is 1. The maximum atomic E-state index is 12.7. The molecule has 3 rings (SSSR count). The molecule has 0 fully saturated rings. The molecule has 1 aromatic carbocycles. The predicted octanol–water partition coefficient (Wildman–Crippen LogP) is 4.50. The van der Waals surface area contributed by atoms with Gasteiger partial charge >= 0.3 is 0 Å². The highest BCUT2D eigenvalue weighted by molar-refractivity contribution is 9.10. The monoisotopic (exact) mass is 422 g/mol. The van der Waals surface area contributed by atoms with Crippen LogP contribution in [0.2, 0.25) is 0 Å². The Morgan fingerprint density at radius 1 is 1.36 bits per heavy atom. The number of halogens is 1. The van der Waals surface area contributed by atoms with Gasteiger partial charge in [-0.05, 0) is 72.0 Å². The minimum absolute atomic E-state index is 0.185. The van der Waals surface area contributed by atoms with Crippen LogP contribution >= 0.6 is 28.1 Å². The fourth-order valence-corrected chi connectivity index (χ4v) is 4.36. The van der Waals surface area contributed by atoms with E-state index in [9.17, 15) is 4.79 Å². The lowest BCUT2D eigenvalue weighted by atomic mass is 9.84. The van der Waals surface area contributed by atoms with Crippen molar-refractivity contribution in [2.24, 2.45) is 0 Å². The summed E-state index contributed by atoms with van der Waals surface area (Å²) >= 11 is 9.18. The lowest BCUT2D eigenvalue weighted by Gasteiger charge is -2.41. The molecule has 1 heterocycles. The quantitative estimate of drug-likeness (QED) is 0.707. The minimum atomic E-state index is -0.185.